The second kappa shape index (κ2) is 5.77. The van der Waals surface area contributed by atoms with Crippen molar-refractivity contribution in [3.05, 3.63) is 0 Å². The van der Waals surface area contributed by atoms with Gasteiger partial charge in [0.25, 0.3) is 0 Å². The minimum atomic E-state index is -0.761. The zero-order valence-corrected chi connectivity index (χ0v) is 11.3. The standard InChI is InChI=1S/C13H22N2O4/c1-13(5-6-19-8-13)15-12(18)14-10-4-2-3-9(7-10)11(16)17/h9-10H,2-8H2,1H3,(H,16,17)(H2,14,15,18). The van der Waals surface area contributed by atoms with E-state index in [0.717, 1.165) is 19.3 Å². The van der Waals surface area contributed by atoms with Crippen molar-refractivity contribution in [1.82, 2.24) is 10.6 Å². The Bertz CT molecular complexity index is 353. The van der Waals surface area contributed by atoms with Gasteiger partial charge in [-0.1, -0.05) is 6.42 Å². The Kier molecular flexibility index (Phi) is 4.29. The Morgan fingerprint density at radius 3 is 2.79 bits per heavy atom. The van der Waals surface area contributed by atoms with Gasteiger partial charge in [-0.05, 0) is 32.6 Å². The van der Waals surface area contributed by atoms with Crippen LogP contribution in [0.25, 0.3) is 0 Å². The lowest BCUT2D eigenvalue weighted by atomic mass is 9.86. The summed E-state index contributed by atoms with van der Waals surface area (Å²) in [6.45, 7) is 3.16. The molecule has 0 aromatic carbocycles. The van der Waals surface area contributed by atoms with Crippen LogP contribution in [0.3, 0.4) is 0 Å². The third-order valence-corrected chi connectivity index (χ3v) is 3.99. The zero-order valence-electron chi connectivity index (χ0n) is 11.3. The Balaban J connectivity index is 1.80. The van der Waals surface area contributed by atoms with Crippen LogP contribution < -0.4 is 10.6 Å². The predicted octanol–water partition coefficient (Wildman–Crippen LogP) is 1.11. The molecule has 108 valence electrons. The van der Waals surface area contributed by atoms with E-state index in [2.05, 4.69) is 10.6 Å². The van der Waals surface area contributed by atoms with E-state index in [1.807, 2.05) is 6.92 Å². The van der Waals surface area contributed by atoms with Gasteiger partial charge >= 0.3 is 12.0 Å². The molecule has 3 N–H and O–H groups in total. The van der Waals surface area contributed by atoms with Gasteiger partial charge in [-0.15, -0.1) is 0 Å². The average molecular weight is 270 g/mol. The van der Waals surface area contributed by atoms with Gasteiger partial charge in [-0.25, -0.2) is 4.79 Å². The topological polar surface area (TPSA) is 87.7 Å². The van der Waals surface area contributed by atoms with Crippen molar-refractivity contribution in [1.29, 1.82) is 0 Å². The summed E-state index contributed by atoms with van der Waals surface area (Å²) in [7, 11) is 0. The number of nitrogens with one attached hydrogen (secondary N) is 2. The summed E-state index contributed by atoms with van der Waals surface area (Å²) >= 11 is 0. The molecule has 2 aliphatic rings. The van der Waals surface area contributed by atoms with Crippen molar-refractivity contribution in [3.63, 3.8) is 0 Å². The number of carbonyl (C=O) groups is 2. The number of carboxylic acids is 1. The smallest absolute Gasteiger partial charge is 0.315 e. The van der Waals surface area contributed by atoms with Crippen molar-refractivity contribution in [2.45, 2.75) is 50.6 Å². The van der Waals surface area contributed by atoms with Crippen LogP contribution in [-0.2, 0) is 9.53 Å². The molecule has 2 fully saturated rings. The first-order valence-electron chi connectivity index (χ1n) is 6.88. The molecule has 1 aliphatic heterocycles. The molecule has 0 aromatic heterocycles. The summed E-state index contributed by atoms with van der Waals surface area (Å²) < 4.78 is 5.28. The van der Waals surface area contributed by atoms with Crippen molar-refractivity contribution in [2.75, 3.05) is 13.2 Å². The molecule has 19 heavy (non-hydrogen) atoms. The molecule has 1 heterocycles. The SMILES string of the molecule is CC1(NC(=O)NC2CCCC(C(=O)O)C2)CCOC1. The number of hydrogen-bond acceptors (Lipinski definition) is 3. The number of rotatable bonds is 3. The minimum Gasteiger partial charge on any atom is -0.481 e. The summed E-state index contributed by atoms with van der Waals surface area (Å²) in [6.07, 6.45) is 3.74. The van der Waals surface area contributed by atoms with Gasteiger partial charge in [0, 0.05) is 12.6 Å². The van der Waals surface area contributed by atoms with E-state index in [9.17, 15) is 9.59 Å². The first-order valence-corrected chi connectivity index (χ1v) is 6.88. The molecule has 3 unspecified atom stereocenters. The Labute approximate surface area is 112 Å². The third-order valence-electron chi connectivity index (χ3n) is 3.99. The van der Waals surface area contributed by atoms with Gasteiger partial charge in [-0.3, -0.25) is 4.79 Å². The van der Waals surface area contributed by atoms with Crippen LogP contribution in [0.1, 0.15) is 39.0 Å². The molecule has 0 aromatic rings. The Hall–Kier alpha value is -1.30. The number of carboxylic acid groups (broad SMARTS) is 1. The second-order valence-corrected chi connectivity index (χ2v) is 5.86. The Morgan fingerprint density at radius 2 is 2.16 bits per heavy atom. The molecule has 3 atom stereocenters. The molecule has 1 saturated carbocycles. The molecule has 6 nitrogen and oxygen atoms in total. The van der Waals surface area contributed by atoms with E-state index < -0.39 is 5.97 Å². The lowest BCUT2D eigenvalue weighted by Gasteiger charge is -2.30. The average Bonchev–Trinajstić information content (AvgIpc) is 2.75. The van der Waals surface area contributed by atoms with Crippen molar-refractivity contribution >= 4 is 12.0 Å². The van der Waals surface area contributed by atoms with E-state index in [4.69, 9.17) is 9.84 Å². The number of carbonyl (C=O) groups excluding carboxylic acids is 1. The maximum absolute atomic E-state index is 11.9. The number of urea groups is 1. The third kappa shape index (κ3) is 3.83. The fourth-order valence-electron chi connectivity index (χ4n) is 2.81. The van der Waals surface area contributed by atoms with Gasteiger partial charge < -0.3 is 20.5 Å². The molecule has 0 bridgehead atoms. The van der Waals surface area contributed by atoms with E-state index in [1.165, 1.54) is 0 Å². The van der Waals surface area contributed by atoms with E-state index >= 15 is 0 Å². The molecule has 2 rings (SSSR count). The molecule has 0 radical (unpaired) electrons. The highest BCUT2D eigenvalue weighted by Crippen LogP contribution is 2.24. The molecule has 2 amide bonds. The lowest BCUT2D eigenvalue weighted by Crippen LogP contribution is -2.53. The van der Waals surface area contributed by atoms with E-state index in [-0.39, 0.29) is 23.5 Å². The molecule has 1 aliphatic carbocycles. The summed E-state index contributed by atoms with van der Waals surface area (Å²) in [4.78, 5) is 22.9. The highest BCUT2D eigenvalue weighted by atomic mass is 16.5. The van der Waals surface area contributed by atoms with Crippen molar-refractivity contribution < 1.29 is 19.4 Å². The normalized spacial score (nSPS) is 34.8. The monoisotopic (exact) mass is 270 g/mol. The summed E-state index contributed by atoms with van der Waals surface area (Å²) in [5.74, 6) is -1.09. The van der Waals surface area contributed by atoms with E-state index in [1.54, 1.807) is 0 Å². The number of aliphatic carboxylic acids is 1. The maximum Gasteiger partial charge on any atom is 0.315 e. The van der Waals surface area contributed by atoms with Gasteiger partial charge in [0.15, 0.2) is 0 Å². The van der Waals surface area contributed by atoms with Crippen molar-refractivity contribution in [2.24, 2.45) is 5.92 Å². The highest BCUT2D eigenvalue weighted by Gasteiger charge is 2.33. The fourth-order valence-corrected chi connectivity index (χ4v) is 2.81. The lowest BCUT2D eigenvalue weighted by molar-refractivity contribution is -0.143. The first-order chi connectivity index (χ1) is 8.98. The number of hydrogen-bond donors (Lipinski definition) is 3. The molecular weight excluding hydrogens is 248 g/mol. The Morgan fingerprint density at radius 1 is 1.37 bits per heavy atom. The van der Waals surface area contributed by atoms with E-state index in [0.29, 0.717) is 26.1 Å². The van der Waals surface area contributed by atoms with Crippen LogP contribution in [-0.4, -0.2) is 41.9 Å². The maximum atomic E-state index is 11.9. The van der Waals surface area contributed by atoms with Crippen LogP contribution in [0.4, 0.5) is 4.79 Å². The van der Waals surface area contributed by atoms with Gasteiger partial charge in [0.2, 0.25) is 0 Å². The zero-order chi connectivity index (χ0) is 13.9. The highest BCUT2D eigenvalue weighted by molar-refractivity contribution is 5.75. The quantitative estimate of drug-likeness (QED) is 0.717. The van der Waals surface area contributed by atoms with Crippen LogP contribution in [0, 0.1) is 5.92 Å². The van der Waals surface area contributed by atoms with Crippen LogP contribution in [0.5, 0.6) is 0 Å². The van der Waals surface area contributed by atoms with Gasteiger partial charge in [0.05, 0.1) is 18.1 Å². The van der Waals surface area contributed by atoms with Crippen LogP contribution >= 0.6 is 0 Å². The molecule has 1 saturated heterocycles. The van der Waals surface area contributed by atoms with Crippen molar-refractivity contribution in [3.8, 4) is 0 Å². The number of ether oxygens (including phenoxy) is 1. The summed E-state index contributed by atoms with van der Waals surface area (Å²) in [6, 6.07) is -0.259. The first kappa shape index (κ1) is 14.1. The minimum absolute atomic E-state index is 0.0410. The van der Waals surface area contributed by atoms with Crippen LogP contribution in [0.15, 0.2) is 0 Å². The predicted molar refractivity (Wildman–Crippen MR) is 68.9 cm³/mol. The van der Waals surface area contributed by atoms with Gasteiger partial charge in [-0.2, -0.15) is 0 Å². The number of amides is 2. The molecule has 6 heteroatoms. The summed E-state index contributed by atoms with van der Waals surface area (Å²) in [5, 5.41) is 14.8. The molecular formula is C13H22N2O4. The largest absolute Gasteiger partial charge is 0.481 e. The second-order valence-electron chi connectivity index (χ2n) is 5.86. The van der Waals surface area contributed by atoms with Gasteiger partial charge in [0.1, 0.15) is 0 Å². The van der Waals surface area contributed by atoms with Crippen LogP contribution in [0.2, 0.25) is 0 Å². The summed E-state index contributed by atoms with van der Waals surface area (Å²) in [5.41, 5.74) is -0.301. The fraction of sp³-hybridized carbons (Fsp3) is 0.846. The molecule has 0 spiro atoms.